The van der Waals surface area contributed by atoms with Crippen LogP contribution in [0, 0.1) is 5.82 Å². The van der Waals surface area contributed by atoms with Gasteiger partial charge in [0.25, 0.3) is 10.0 Å². The Bertz CT molecular complexity index is 1820. The van der Waals surface area contributed by atoms with E-state index in [4.69, 9.17) is 14.6 Å². The molecule has 2 N–H and O–H groups in total. The smallest absolute Gasteiger partial charge is 0.490 e. The van der Waals surface area contributed by atoms with E-state index in [1.807, 2.05) is 24.3 Å². The second-order valence-electron chi connectivity index (χ2n) is 8.12. The van der Waals surface area contributed by atoms with Gasteiger partial charge in [0.15, 0.2) is 0 Å². The summed E-state index contributed by atoms with van der Waals surface area (Å²) in [5.74, 6) is -2.51. The molecule has 3 aromatic carbocycles. The number of nitrogens with zero attached hydrogens (tertiary/aromatic N) is 3. The molecule has 0 aliphatic heterocycles. The predicted molar refractivity (Wildman–Crippen MR) is 144 cm³/mol. The van der Waals surface area contributed by atoms with Crippen molar-refractivity contribution in [2.24, 2.45) is 0 Å². The number of hydrogen-bond donors (Lipinski definition) is 2. The maximum absolute atomic E-state index is 13.7. The van der Waals surface area contributed by atoms with Gasteiger partial charge in [-0.2, -0.15) is 13.2 Å². The fourth-order valence-corrected chi connectivity index (χ4v) is 5.39. The van der Waals surface area contributed by atoms with Gasteiger partial charge in [0.2, 0.25) is 5.13 Å². The SMILES string of the molecule is COc1cc(-c2cccc(F)c2)ccc1-c1nccc2cc(S(=O)(=O)Nc3nncs3)ccc12.O=C(O)C(F)(F)F. The molecular weight excluding hydrogens is 588 g/mol. The fourth-order valence-electron chi connectivity index (χ4n) is 3.66. The number of pyridine rings is 1. The zero-order valence-electron chi connectivity index (χ0n) is 20.8. The largest absolute Gasteiger partial charge is 0.496 e. The van der Waals surface area contributed by atoms with Gasteiger partial charge in [-0.1, -0.05) is 35.6 Å². The van der Waals surface area contributed by atoms with Crippen molar-refractivity contribution in [1.82, 2.24) is 15.2 Å². The van der Waals surface area contributed by atoms with Gasteiger partial charge in [-0.05, 0) is 59.0 Å². The molecule has 0 atom stereocenters. The van der Waals surface area contributed by atoms with Crippen molar-refractivity contribution in [3.8, 4) is 28.1 Å². The number of sulfonamides is 1. The van der Waals surface area contributed by atoms with Crippen LogP contribution in [0.1, 0.15) is 0 Å². The van der Waals surface area contributed by atoms with E-state index in [-0.39, 0.29) is 15.8 Å². The van der Waals surface area contributed by atoms with Gasteiger partial charge in [0.05, 0.1) is 17.7 Å². The van der Waals surface area contributed by atoms with E-state index in [0.29, 0.717) is 16.8 Å². The van der Waals surface area contributed by atoms with Crippen LogP contribution in [-0.4, -0.2) is 48.0 Å². The van der Waals surface area contributed by atoms with E-state index in [1.165, 1.54) is 23.7 Å². The number of rotatable bonds is 6. The Morgan fingerprint density at radius 3 is 2.39 bits per heavy atom. The lowest BCUT2D eigenvalue weighted by Crippen LogP contribution is -2.21. The van der Waals surface area contributed by atoms with Crippen LogP contribution >= 0.6 is 11.3 Å². The van der Waals surface area contributed by atoms with Crippen molar-refractivity contribution in [2.75, 3.05) is 11.8 Å². The van der Waals surface area contributed by atoms with Crippen LogP contribution in [0.3, 0.4) is 0 Å². The summed E-state index contributed by atoms with van der Waals surface area (Å²) in [6, 6.07) is 18.5. The van der Waals surface area contributed by atoms with Crippen LogP contribution in [-0.2, 0) is 14.8 Å². The number of ether oxygens (including phenoxy) is 1. The molecule has 0 aliphatic rings. The van der Waals surface area contributed by atoms with Crippen LogP contribution in [0.4, 0.5) is 22.7 Å². The van der Waals surface area contributed by atoms with Crippen LogP contribution in [0.5, 0.6) is 5.75 Å². The summed E-state index contributed by atoms with van der Waals surface area (Å²) in [6.45, 7) is 0. The number of methoxy groups -OCH3 is 1. The number of hydrogen-bond acceptors (Lipinski definition) is 8. The number of halogens is 4. The first kappa shape index (κ1) is 29.4. The van der Waals surface area contributed by atoms with Crippen molar-refractivity contribution in [3.63, 3.8) is 0 Å². The Hall–Kier alpha value is -4.63. The lowest BCUT2D eigenvalue weighted by atomic mass is 9.99. The first-order valence-electron chi connectivity index (χ1n) is 11.3. The van der Waals surface area contributed by atoms with Gasteiger partial charge in [-0.25, -0.2) is 17.6 Å². The summed E-state index contributed by atoms with van der Waals surface area (Å²) in [5.41, 5.74) is 4.35. The molecule has 212 valence electrons. The average Bonchev–Trinajstić information content (AvgIpc) is 3.44. The molecule has 15 heteroatoms. The van der Waals surface area contributed by atoms with Gasteiger partial charge in [0.1, 0.15) is 17.1 Å². The lowest BCUT2D eigenvalue weighted by molar-refractivity contribution is -0.192. The van der Waals surface area contributed by atoms with Gasteiger partial charge in [0, 0.05) is 17.1 Å². The van der Waals surface area contributed by atoms with Crippen molar-refractivity contribution in [3.05, 3.63) is 84.3 Å². The zero-order chi connectivity index (χ0) is 29.8. The zero-order valence-corrected chi connectivity index (χ0v) is 22.4. The third kappa shape index (κ3) is 6.93. The second-order valence-corrected chi connectivity index (χ2v) is 10.6. The quantitative estimate of drug-likeness (QED) is 0.225. The second kappa shape index (κ2) is 11.9. The normalized spacial score (nSPS) is 11.4. The number of nitrogens with one attached hydrogen (secondary N) is 1. The summed E-state index contributed by atoms with van der Waals surface area (Å²) < 4.78 is 79.0. The molecule has 41 heavy (non-hydrogen) atoms. The van der Waals surface area contributed by atoms with Crippen molar-refractivity contribution in [2.45, 2.75) is 11.1 Å². The number of carboxylic acids is 1. The average molecular weight is 607 g/mol. The molecule has 2 heterocycles. The van der Waals surface area contributed by atoms with Crippen molar-refractivity contribution in [1.29, 1.82) is 0 Å². The summed E-state index contributed by atoms with van der Waals surface area (Å²) in [6.07, 6.45) is -3.47. The number of aliphatic carboxylic acids is 1. The highest BCUT2D eigenvalue weighted by Crippen LogP contribution is 2.37. The first-order chi connectivity index (χ1) is 19.4. The molecule has 9 nitrogen and oxygen atoms in total. The number of carboxylic acid groups (broad SMARTS) is 1. The molecule has 2 aromatic heterocycles. The van der Waals surface area contributed by atoms with E-state index >= 15 is 0 Å². The third-order valence-electron chi connectivity index (χ3n) is 5.48. The Labute approximate surface area is 234 Å². The molecule has 0 saturated heterocycles. The topological polar surface area (TPSA) is 131 Å². The number of benzene rings is 3. The molecule has 0 bridgehead atoms. The van der Waals surface area contributed by atoms with Gasteiger partial charge >= 0.3 is 12.1 Å². The van der Waals surface area contributed by atoms with Crippen molar-refractivity contribution < 1.29 is 40.6 Å². The Balaban J connectivity index is 0.000000493. The van der Waals surface area contributed by atoms with Gasteiger partial charge in [-0.3, -0.25) is 9.71 Å². The number of anilines is 1. The highest BCUT2D eigenvalue weighted by atomic mass is 32.2. The fraction of sp³-hybridized carbons (Fsp3) is 0.0769. The number of aromatic nitrogens is 3. The molecule has 0 radical (unpaired) electrons. The van der Waals surface area contributed by atoms with Crippen LogP contribution in [0.15, 0.2) is 83.3 Å². The molecule has 0 unspecified atom stereocenters. The predicted octanol–water partition coefficient (Wildman–Crippen LogP) is 6.00. The van der Waals surface area contributed by atoms with Gasteiger partial charge in [-0.15, -0.1) is 10.2 Å². The molecule has 5 aromatic rings. The van der Waals surface area contributed by atoms with Gasteiger partial charge < -0.3 is 9.84 Å². The number of fused-ring (bicyclic) bond motifs is 1. The van der Waals surface area contributed by atoms with Crippen LogP contribution < -0.4 is 9.46 Å². The minimum absolute atomic E-state index is 0.0979. The van der Waals surface area contributed by atoms with E-state index < -0.39 is 22.2 Å². The molecule has 0 aliphatic carbocycles. The maximum Gasteiger partial charge on any atom is 0.490 e. The molecule has 0 amide bonds. The highest BCUT2D eigenvalue weighted by molar-refractivity contribution is 7.93. The summed E-state index contributed by atoms with van der Waals surface area (Å²) in [5, 5.41) is 16.1. The maximum atomic E-state index is 13.7. The van der Waals surface area contributed by atoms with Crippen LogP contribution in [0.25, 0.3) is 33.2 Å². The Morgan fingerprint density at radius 2 is 1.76 bits per heavy atom. The summed E-state index contributed by atoms with van der Waals surface area (Å²) in [4.78, 5) is 13.5. The van der Waals surface area contributed by atoms with E-state index in [1.54, 1.807) is 37.6 Å². The van der Waals surface area contributed by atoms with E-state index in [9.17, 15) is 26.0 Å². The minimum Gasteiger partial charge on any atom is -0.496 e. The number of alkyl halides is 3. The summed E-state index contributed by atoms with van der Waals surface area (Å²) >= 11 is 1.09. The lowest BCUT2D eigenvalue weighted by Gasteiger charge is -2.13. The third-order valence-corrected chi connectivity index (χ3v) is 7.56. The first-order valence-corrected chi connectivity index (χ1v) is 13.7. The number of carbonyl (C=O) groups is 1. The highest BCUT2D eigenvalue weighted by Gasteiger charge is 2.38. The van der Waals surface area contributed by atoms with E-state index in [0.717, 1.165) is 33.4 Å². The Kier molecular flexibility index (Phi) is 8.49. The standard InChI is InChI=1S/C24H17FN4O3S2.C2HF3O2/c1-32-22-13-16(15-3-2-4-18(25)11-15)5-7-21(22)23-20-8-6-19(12-17(20)9-10-26-23)34(30,31)29-24-28-27-14-33-24;3-2(4,5)1(6)7/h2-14H,1H3,(H,28,29);(H,6,7). The molecular formula is C26H18F4N4O5S2. The van der Waals surface area contributed by atoms with E-state index in [2.05, 4.69) is 19.9 Å². The molecule has 5 rings (SSSR count). The van der Waals surface area contributed by atoms with Crippen molar-refractivity contribution >= 4 is 43.2 Å². The summed E-state index contributed by atoms with van der Waals surface area (Å²) in [7, 11) is -2.26. The molecule has 0 saturated carbocycles. The Morgan fingerprint density at radius 1 is 1.02 bits per heavy atom. The molecule has 0 spiro atoms. The monoisotopic (exact) mass is 606 g/mol. The minimum atomic E-state index is -5.08. The van der Waals surface area contributed by atoms with Crippen LogP contribution in [0.2, 0.25) is 0 Å². The molecule has 0 fully saturated rings.